The highest BCUT2D eigenvalue weighted by Crippen LogP contribution is 2.76. The Labute approximate surface area is 91.8 Å². The van der Waals surface area contributed by atoms with Gasteiger partial charge >= 0.3 is 0 Å². The fraction of sp³-hybridized carbons (Fsp3) is 0.400. The quantitative estimate of drug-likeness (QED) is 0.602. The lowest BCUT2D eigenvalue weighted by molar-refractivity contribution is 0.888. The van der Waals surface area contributed by atoms with Crippen LogP contribution in [0.1, 0.15) is 17.0 Å². The highest BCUT2D eigenvalue weighted by molar-refractivity contribution is 6.59. The standard InChI is InChI=1S/C10H7Cl3/c11-9-5-6-3-1-2-4-7(6)8(9)10(9,12)13/h1-4,8H,5H2. The van der Waals surface area contributed by atoms with Gasteiger partial charge in [-0.05, 0) is 17.5 Å². The van der Waals surface area contributed by atoms with Gasteiger partial charge in [-0.3, -0.25) is 0 Å². The van der Waals surface area contributed by atoms with E-state index in [9.17, 15) is 0 Å². The maximum absolute atomic E-state index is 6.33. The van der Waals surface area contributed by atoms with Crippen LogP contribution in [0, 0.1) is 0 Å². The first-order chi connectivity index (χ1) is 6.07. The molecule has 0 radical (unpaired) electrons. The van der Waals surface area contributed by atoms with Crippen molar-refractivity contribution in [2.24, 2.45) is 0 Å². The normalized spacial score (nSPS) is 38.2. The van der Waals surface area contributed by atoms with Gasteiger partial charge in [-0.15, -0.1) is 11.6 Å². The van der Waals surface area contributed by atoms with Gasteiger partial charge in [0.05, 0.1) is 4.87 Å². The van der Waals surface area contributed by atoms with Crippen LogP contribution >= 0.6 is 34.8 Å². The molecule has 0 aromatic heterocycles. The van der Waals surface area contributed by atoms with E-state index in [2.05, 4.69) is 12.1 Å². The zero-order chi connectivity index (χ0) is 9.27. The molecule has 0 N–H and O–H groups in total. The Kier molecular flexibility index (Phi) is 1.41. The number of hydrogen-bond donors (Lipinski definition) is 0. The summed E-state index contributed by atoms with van der Waals surface area (Å²) < 4.78 is -0.747. The van der Waals surface area contributed by atoms with Gasteiger partial charge in [-0.2, -0.15) is 0 Å². The first kappa shape index (κ1) is 8.40. The van der Waals surface area contributed by atoms with Crippen LogP contribution in [-0.2, 0) is 6.42 Å². The molecule has 2 aliphatic carbocycles. The Morgan fingerprint density at radius 2 is 1.85 bits per heavy atom. The Bertz CT molecular complexity index is 386. The van der Waals surface area contributed by atoms with Crippen LogP contribution in [0.15, 0.2) is 24.3 Å². The monoisotopic (exact) mass is 232 g/mol. The molecule has 1 fully saturated rings. The second-order valence-corrected chi connectivity index (χ2v) is 5.85. The van der Waals surface area contributed by atoms with Crippen molar-refractivity contribution in [2.75, 3.05) is 0 Å². The van der Waals surface area contributed by atoms with Gasteiger partial charge < -0.3 is 0 Å². The van der Waals surface area contributed by atoms with Crippen molar-refractivity contribution in [1.82, 2.24) is 0 Å². The molecule has 0 heterocycles. The summed E-state index contributed by atoms with van der Waals surface area (Å²) in [5.74, 6) is 0.126. The molecule has 0 amide bonds. The first-order valence-electron chi connectivity index (χ1n) is 4.22. The van der Waals surface area contributed by atoms with Crippen molar-refractivity contribution < 1.29 is 0 Å². The molecular weight excluding hydrogens is 226 g/mol. The molecule has 3 heteroatoms. The summed E-state index contributed by atoms with van der Waals surface area (Å²) in [6, 6.07) is 8.18. The van der Waals surface area contributed by atoms with Gasteiger partial charge in [0.2, 0.25) is 0 Å². The van der Waals surface area contributed by atoms with Crippen LogP contribution < -0.4 is 0 Å². The van der Waals surface area contributed by atoms with Crippen molar-refractivity contribution in [2.45, 2.75) is 21.5 Å². The van der Waals surface area contributed by atoms with Crippen molar-refractivity contribution in [1.29, 1.82) is 0 Å². The van der Waals surface area contributed by atoms with Crippen LogP contribution in [0.3, 0.4) is 0 Å². The SMILES string of the molecule is ClC1(Cl)C2c3ccccc3CC21Cl. The second-order valence-electron chi connectivity index (χ2n) is 3.79. The minimum Gasteiger partial charge on any atom is -0.115 e. The number of alkyl halides is 3. The molecule has 68 valence electrons. The van der Waals surface area contributed by atoms with Gasteiger partial charge in [0, 0.05) is 5.92 Å². The number of benzene rings is 1. The predicted octanol–water partition coefficient (Wildman–Crippen LogP) is 3.49. The summed E-state index contributed by atoms with van der Waals surface area (Å²) in [7, 11) is 0. The van der Waals surface area contributed by atoms with Crippen LogP contribution in [0.2, 0.25) is 0 Å². The van der Waals surface area contributed by atoms with E-state index in [1.807, 2.05) is 12.1 Å². The molecule has 0 saturated heterocycles. The highest BCUT2D eigenvalue weighted by atomic mass is 35.5. The van der Waals surface area contributed by atoms with Gasteiger partial charge in [0.15, 0.2) is 0 Å². The van der Waals surface area contributed by atoms with Gasteiger partial charge in [0.1, 0.15) is 4.33 Å². The Morgan fingerprint density at radius 3 is 2.62 bits per heavy atom. The van der Waals surface area contributed by atoms with E-state index < -0.39 is 9.21 Å². The van der Waals surface area contributed by atoms with Crippen LogP contribution in [0.5, 0.6) is 0 Å². The molecule has 1 aromatic rings. The predicted molar refractivity (Wildman–Crippen MR) is 55.9 cm³/mol. The van der Waals surface area contributed by atoms with Crippen LogP contribution in [-0.4, -0.2) is 9.21 Å². The van der Waals surface area contributed by atoms with E-state index in [4.69, 9.17) is 34.8 Å². The molecule has 1 aromatic carbocycles. The third-order valence-electron chi connectivity index (χ3n) is 3.10. The molecule has 2 atom stereocenters. The molecule has 2 aliphatic rings. The van der Waals surface area contributed by atoms with Crippen LogP contribution in [0.4, 0.5) is 0 Å². The smallest absolute Gasteiger partial charge is 0.115 e. The summed E-state index contributed by atoms with van der Waals surface area (Å²) in [5, 5.41) is 0. The third-order valence-corrected chi connectivity index (χ3v) is 5.06. The average Bonchev–Trinajstić information content (AvgIpc) is 2.40. The van der Waals surface area contributed by atoms with Gasteiger partial charge in [-0.25, -0.2) is 0 Å². The number of fused-ring (bicyclic) bond motifs is 3. The average molecular weight is 234 g/mol. The number of halogens is 3. The lowest BCUT2D eigenvalue weighted by atomic mass is 10.1. The van der Waals surface area contributed by atoms with Crippen molar-refractivity contribution >= 4 is 34.8 Å². The topological polar surface area (TPSA) is 0 Å². The van der Waals surface area contributed by atoms with E-state index in [0.717, 1.165) is 6.42 Å². The van der Waals surface area contributed by atoms with Gasteiger partial charge in [0.25, 0.3) is 0 Å². The lowest BCUT2D eigenvalue weighted by Crippen LogP contribution is -2.11. The number of hydrogen-bond acceptors (Lipinski definition) is 0. The Hall–Kier alpha value is 0.0900. The molecule has 0 bridgehead atoms. The van der Waals surface area contributed by atoms with E-state index >= 15 is 0 Å². The minimum absolute atomic E-state index is 0.126. The van der Waals surface area contributed by atoms with Gasteiger partial charge in [-0.1, -0.05) is 47.5 Å². The van der Waals surface area contributed by atoms with E-state index in [-0.39, 0.29) is 5.92 Å². The fourth-order valence-electron chi connectivity index (χ4n) is 2.34. The Morgan fingerprint density at radius 1 is 1.15 bits per heavy atom. The fourth-order valence-corrected chi connectivity index (χ4v) is 3.78. The van der Waals surface area contributed by atoms with Crippen molar-refractivity contribution in [3.8, 4) is 0 Å². The summed E-state index contributed by atoms with van der Waals surface area (Å²) in [4.78, 5) is -0.431. The van der Waals surface area contributed by atoms with Crippen molar-refractivity contribution in [3.05, 3.63) is 35.4 Å². The molecule has 2 unspecified atom stereocenters. The summed E-state index contributed by atoms with van der Waals surface area (Å²) >= 11 is 18.6. The molecule has 1 saturated carbocycles. The molecule has 0 nitrogen and oxygen atoms in total. The van der Waals surface area contributed by atoms with E-state index in [1.165, 1.54) is 11.1 Å². The summed E-state index contributed by atoms with van der Waals surface area (Å²) in [6.07, 6.45) is 0.794. The largest absolute Gasteiger partial charge is 0.146 e. The van der Waals surface area contributed by atoms with E-state index in [0.29, 0.717) is 0 Å². The maximum Gasteiger partial charge on any atom is 0.146 e. The highest BCUT2D eigenvalue weighted by Gasteiger charge is 2.78. The van der Waals surface area contributed by atoms with Crippen LogP contribution in [0.25, 0.3) is 0 Å². The zero-order valence-electron chi connectivity index (χ0n) is 6.73. The summed E-state index contributed by atoms with van der Waals surface area (Å²) in [6.45, 7) is 0. The molecule has 0 spiro atoms. The van der Waals surface area contributed by atoms with Crippen molar-refractivity contribution in [3.63, 3.8) is 0 Å². The number of rotatable bonds is 0. The molecular formula is C10H7Cl3. The first-order valence-corrected chi connectivity index (χ1v) is 5.35. The zero-order valence-corrected chi connectivity index (χ0v) is 9.00. The lowest BCUT2D eigenvalue weighted by Gasteiger charge is -2.09. The summed E-state index contributed by atoms with van der Waals surface area (Å²) in [5.41, 5.74) is 2.52. The maximum atomic E-state index is 6.33. The Balaban J connectivity index is 2.16. The van der Waals surface area contributed by atoms with E-state index in [1.54, 1.807) is 0 Å². The second kappa shape index (κ2) is 2.18. The molecule has 0 aliphatic heterocycles. The molecule has 3 rings (SSSR count). The molecule has 13 heavy (non-hydrogen) atoms. The minimum atomic E-state index is -0.747. The third kappa shape index (κ3) is 0.806.